The fraction of sp³-hybridized carbons (Fsp3) is 0.348. The van der Waals surface area contributed by atoms with Crippen molar-refractivity contribution in [1.29, 1.82) is 0 Å². The number of carbonyl (C=O) groups is 3. The maximum atomic E-state index is 13.2. The molecule has 0 radical (unpaired) electrons. The summed E-state index contributed by atoms with van der Waals surface area (Å²) in [7, 11) is 1.47. The summed E-state index contributed by atoms with van der Waals surface area (Å²) < 4.78 is 6.15. The minimum Gasteiger partial charge on any atom is -0.480 e. The van der Waals surface area contributed by atoms with Crippen molar-refractivity contribution in [3.05, 3.63) is 56.5 Å². The molecule has 2 atom stereocenters. The van der Waals surface area contributed by atoms with Crippen LogP contribution < -0.4 is 5.32 Å². The topological polar surface area (TPSA) is 129 Å². The zero-order valence-corrected chi connectivity index (χ0v) is 20.4. The fourth-order valence-corrected chi connectivity index (χ4v) is 6.33. The maximum absolute atomic E-state index is 13.2. The van der Waals surface area contributed by atoms with Crippen molar-refractivity contribution in [2.75, 3.05) is 13.7 Å². The SMILES string of the molecule is COCCCC(C(=O)O)(C(=O)O)[C@@H]1c2ccccc2C[C@H]1NC(=O)c1cc2sc(Cl)c(Cl)c2[nH]1. The molecule has 4 rings (SSSR count). The Kier molecular flexibility index (Phi) is 6.91. The van der Waals surface area contributed by atoms with E-state index in [1.165, 1.54) is 18.4 Å². The number of amides is 1. The highest BCUT2D eigenvalue weighted by atomic mass is 35.5. The van der Waals surface area contributed by atoms with E-state index in [0.29, 0.717) is 31.6 Å². The third-order valence-corrected chi connectivity index (χ3v) is 8.31. The molecule has 0 unspecified atom stereocenters. The number of H-pyrrole nitrogens is 1. The van der Waals surface area contributed by atoms with E-state index in [0.717, 1.165) is 5.56 Å². The number of methoxy groups -OCH3 is 1. The predicted molar refractivity (Wildman–Crippen MR) is 129 cm³/mol. The van der Waals surface area contributed by atoms with Crippen molar-refractivity contribution in [2.45, 2.75) is 31.2 Å². The third-order valence-electron chi connectivity index (χ3n) is 6.38. The lowest BCUT2D eigenvalue weighted by atomic mass is 9.68. The number of benzene rings is 1. The second kappa shape index (κ2) is 9.58. The Morgan fingerprint density at radius 2 is 1.94 bits per heavy atom. The van der Waals surface area contributed by atoms with E-state index in [4.69, 9.17) is 27.9 Å². The van der Waals surface area contributed by atoms with Gasteiger partial charge in [0.1, 0.15) is 10.0 Å². The number of nitrogens with one attached hydrogen (secondary N) is 2. The maximum Gasteiger partial charge on any atom is 0.321 e. The molecule has 34 heavy (non-hydrogen) atoms. The molecule has 2 heterocycles. The van der Waals surface area contributed by atoms with E-state index >= 15 is 0 Å². The van der Waals surface area contributed by atoms with Gasteiger partial charge in [-0.3, -0.25) is 14.4 Å². The minimum atomic E-state index is -2.14. The number of hydrogen-bond donors (Lipinski definition) is 4. The van der Waals surface area contributed by atoms with Gasteiger partial charge in [0.15, 0.2) is 5.41 Å². The summed E-state index contributed by atoms with van der Waals surface area (Å²) in [6, 6.07) is 7.97. The van der Waals surface area contributed by atoms with Crippen LogP contribution in [0.15, 0.2) is 30.3 Å². The molecule has 1 aliphatic rings. The molecule has 11 heteroatoms. The number of aromatic amines is 1. The van der Waals surface area contributed by atoms with Crippen LogP contribution in [0.5, 0.6) is 0 Å². The normalized spacial score (nSPS) is 17.6. The number of fused-ring (bicyclic) bond motifs is 2. The second-order valence-corrected chi connectivity index (χ2v) is 10.3. The van der Waals surface area contributed by atoms with Gasteiger partial charge in [0.25, 0.3) is 5.91 Å². The standard InChI is InChI=1S/C23H22Cl2N2O6S/c1-33-8-4-7-23(21(29)30,22(31)32)16-12-6-3-2-5-11(12)9-13(16)27-20(28)14-10-15-18(26-14)17(24)19(25)34-15/h2-3,5-6,10,13,16,26H,4,7-9H2,1H3,(H,27,28)(H,29,30)(H,31,32)/t13-,16-/m1/s1. The minimum absolute atomic E-state index is 0.150. The molecule has 0 fully saturated rings. The average Bonchev–Trinajstić information content (AvgIpc) is 3.44. The van der Waals surface area contributed by atoms with Crippen molar-refractivity contribution < 1.29 is 29.3 Å². The quantitative estimate of drug-likeness (QED) is 0.240. The van der Waals surface area contributed by atoms with Crippen molar-refractivity contribution in [3.8, 4) is 0 Å². The van der Waals surface area contributed by atoms with Crippen molar-refractivity contribution in [3.63, 3.8) is 0 Å². The van der Waals surface area contributed by atoms with Gasteiger partial charge in [-0.25, -0.2) is 0 Å². The molecular formula is C23H22Cl2N2O6S. The van der Waals surface area contributed by atoms with E-state index in [2.05, 4.69) is 10.3 Å². The van der Waals surface area contributed by atoms with E-state index < -0.39 is 35.2 Å². The zero-order valence-electron chi connectivity index (χ0n) is 18.1. The molecule has 0 spiro atoms. The number of ether oxygens (including phenoxy) is 1. The van der Waals surface area contributed by atoms with Gasteiger partial charge in [0, 0.05) is 25.7 Å². The van der Waals surface area contributed by atoms with E-state index in [1.54, 1.807) is 24.3 Å². The molecule has 3 aromatic rings. The van der Waals surface area contributed by atoms with Gasteiger partial charge in [-0.05, 0) is 36.5 Å². The number of aliphatic carboxylic acids is 2. The summed E-state index contributed by atoms with van der Waals surface area (Å²) in [5, 5.41) is 23.6. The fourth-order valence-electron chi connectivity index (χ4n) is 4.85. The van der Waals surface area contributed by atoms with E-state index in [-0.39, 0.29) is 25.1 Å². The van der Waals surface area contributed by atoms with Crippen LogP contribution in [0.1, 0.15) is 40.4 Å². The van der Waals surface area contributed by atoms with Crippen LogP contribution in [0.2, 0.25) is 9.36 Å². The number of rotatable bonds is 9. The van der Waals surface area contributed by atoms with Crippen LogP contribution in [-0.4, -0.2) is 52.8 Å². The molecule has 0 bridgehead atoms. The largest absolute Gasteiger partial charge is 0.480 e. The predicted octanol–water partition coefficient (Wildman–Crippen LogP) is 4.56. The lowest BCUT2D eigenvalue weighted by Gasteiger charge is -2.35. The summed E-state index contributed by atoms with van der Waals surface area (Å²) >= 11 is 13.4. The first kappa shape index (κ1) is 24.5. The molecule has 0 saturated carbocycles. The molecular weight excluding hydrogens is 503 g/mol. The number of carboxylic acid groups (broad SMARTS) is 2. The van der Waals surface area contributed by atoms with Gasteiger partial charge >= 0.3 is 11.9 Å². The zero-order chi connectivity index (χ0) is 24.6. The molecule has 1 amide bonds. The molecule has 0 aliphatic heterocycles. The second-order valence-electron chi connectivity index (χ2n) is 8.25. The lowest BCUT2D eigenvalue weighted by Crippen LogP contribution is -2.52. The third kappa shape index (κ3) is 4.07. The van der Waals surface area contributed by atoms with Gasteiger partial charge in [-0.1, -0.05) is 47.5 Å². The molecule has 180 valence electrons. The summed E-state index contributed by atoms with van der Waals surface area (Å²) in [4.78, 5) is 41.2. The monoisotopic (exact) mass is 524 g/mol. The van der Waals surface area contributed by atoms with Crippen molar-refractivity contribution in [1.82, 2.24) is 10.3 Å². The summed E-state index contributed by atoms with van der Waals surface area (Å²) in [5.74, 6) is -4.36. The van der Waals surface area contributed by atoms with Crippen LogP contribution >= 0.6 is 34.5 Å². The number of carboxylic acids is 2. The lowest BCUT2D eigenvalue weighted by molar-refractivity contribution is -0.168. The number of carbonyl (C=O) groups excluding carboxylic acids is 1. The number of hydrogen-bond acceptors (Lipinski definition) is 5. The molecule has 8 nitrogen and oxygen atoms in total. The van der Waals surface area contributed by atoms with Gasteiger partial charge in [-0.15, -0.1) is 11.3 Å². The van der Waals surface area contributed by atoms with Gasteiger partial charge in [0.05, 0.1) is 15.2 Å². The average molecular weight is 525 g/mol. The Hall–Kier alpha value is -2.59. The van der Waals surface area contributed by atoms with Crippen molar-refractivity contribution >= 4 is 62.6 Å². The van der Waals surface area contributed by atoms with Crippen LogP contribution in [0.3, 0.4) is 0 Å². The van der Waals surface area contributed by atoms with Crippen LogP contribution in [0.4, 0.5) is 0 Å². The first-order valence-electron chi connectivity index (χ1n) is 10.5. The number of thiophene rings is 1. The Morgan fingerprint density at radius 3 is 2.59 bits per heavy atom. The smallest absolute Gasteiger partial charge is 0.321 e. The summed E-state index contributed by atoms with van der Waals surface area (Å²) in [6.07, 6.45) is 0.393. The Morgan fingerprint density at radius 1 is 1.24 bits per heavy atom. The molecule has 1 aromatic carbocycles. The summed E-state index contributed by atoms with van der Waals surface area (Å²) in [5.41, 5.74) is 0.0370. The Balaban J connectivity index is 1.72. The Labute approximate surface area is 208 Å². The van der Waals surface area contributed by atoms with E-state index in [1.807, 2.05) is 6.07 Å². The van der Waals surface area contributed by atoms with Crippen LogP contribution in [-0.2, 0) is 20.7 Å². The molecule has 4 N–H and O–H groups in total. The number of aromatic nitrogens is 1. The first-order chi connectivity index (χ1) is 16.2. The van der Waals surface area contributed by atoms with E-state index in [9.17, 15) is 24.6 Å². The van der Waals surface area contributed by atoms with Crippen molar-refractivity contribution in [2.24, 2.45) is 5.41 Å². The summed E-state index contributed by atoms with van der Waals surface area (Å²) in [6.45, 7) is 0.218. The van der Waals surface area contributed by atoms with Crippen LogP contribution in [0.25, 0.3) is 10.2 Å². The molecule has 2 aromatic heterocycles. The van der Waals surface area contributed by atoms with Gasteiger partial charge < -0.3 is 25.3 Å². The highest BCUT2D eigenvalue weighted by Gasteiger charge is 2.58. The molecule has 0 saturated heterocycles. The first-order valence-corrected chi connectivity index (χ1v) is 12.1. The number of halogens is 2. The highest BCUT2D eigenvalue weighted by molar-refractivity contribution is 7.23. The van der Waals surface area contributed by atoms with Gasteiger partial charge in [-0.2, -0.15) is 0 Å². The Bertz CT molecular complexity index is 1260. The van der Waals surface area contributed by atoms with Crippen LogP contribution in [0, 0.1) is 5.41 Å². The molecule has 1 aliphatic carbocycles. The highest BCUT2D eigenvalue weighted by Crippen LogP contribution is 2.49. The van der Waals surface area contributed by atoms with Gasteiger partial charge in [0.2, 0.25) is 0 Å².